The van der Waals surface area contributed by atoms with Crippen molar-refractivity contribution in [2.24, 2.45) is 0 Å². The Kier molecular flexibility index (Phi) is 5.30. The van der Waals surface area contributed by atoms with Crippen LogP contribution >= 0.6 is 11.8 Å². The molecule has 2 aromatic heterocycles. The van der Waals surface area contributed by atoms with Crippen LogP contribution in [0.5, 0.6) is 0 Å². The molecule has 0 saturated carbocycles. The normalized spacial score (nSPS) is 17.7. The van der Waals surface area contributed by atoms with E-state index in [0.717, 1.165) is 25.1 Å². The summed E-state index contributed by atoms with van der Waals surface area (Å²) in [6.45, 7) is 1.42. The van der Waals surface area contributed by atoms with Gasteiger partial charge in [-0.2, -0.15) is 0 Å². The van der Waals surface area contributed by atoms with Crippen LogP contribution in [0, 0.1) is 0 Å². The van der Waals surface area contributed by atoms with Crippen molar-refractivity contribution in [2.45, 2.75) is 24.0 Å². The molecule has 1 aromatic carbocycles. The van der Waals surface area contributed by atoms with Gasteiger partial charge in [-0.1, -0.05) is 17.8 Å². The van der Waals surface area contributed by atoms with Crippen molar-refractivity contribution in [2.75, 3.05) is 36.3 Å². The fraction of sp³-hybridized carbons (Fsp3) is 0.318. The summed E-state index contributed by atoms with van der Waals surface area (Å²) < 4.78 is 10.2. The number of carbonyl (C=O) groups is 2. The lowest BCUT2D eigenvalue weighted by atomic mass is 10.1. The Bertz CT molecular complexity index is 1200. The zero-order valence-electron chi connectivity index (χ0n) is 17.6. The average molecular weight is 452 g/mol. The molecule has 0 aliphatic carbocycles. The van der Waals surface area contributed by atoms with Gasteiger partial charge in [0.1, 0.15) is 17.6 Å². The first-order chi connectivity index (χ1) is 15.6. The third kappa shape index (κ3) is 3.50. The molecule has 0 radical (unpaired) electrons. The molecule has 3 aromatic rings. The molecule has 0 spiro atoms. The first-order valence-electron chi connectivity index (χ1n) is 10.2. The number of aromatic nitrogens is 3. The molecule has 2 aliphatic rings. The molecular weight excluding hydrogens is 430 g/mol. The summed E-state index contributed by atoms with van der Waals surface area (Å²) in [6.07, 6.45) is 6.86. The Morgan fingerprint density at radius 2 is 2.19 bits per heavy atom. The van der Waals surface area contributed by atoms with Gasteiger partial charge in [-0.3, -0.25) is 4.79 Å². The smallest absolute Gasteiger partial charge is 0.360 e. The third-order valence-corrected chi connectivity index (χ3v) is 6.31. The second-order valence-electron chi connectivity index (χ2n) is 7.58. The zero-order chi connectivity index (χ0) is 22.2. The minimum absolute atomic E-state index is 0.0935. The molecule has 32 heavy (non-hydrogen) atoms. The lowest BCUT2D eigenvalue weighted by Gasteiger charge is -2.27. The van der Waals surface area contributed by atoms with Gasteiger partial charge in [-0.25, -0.2) is 19.7 Å². The van der Waals surface area contributed by atoms with E-state index in [9.17, 15) is 9.59 Å². The summed E-state index contributed by atoms with van der Waals surface area (Å²) in [5, 5.41) is 0.656. The summed E-state index contributed by atoms with van der Waals surface area (Å²) in [4.78, 5) is 42.5. The first kappa shape index (κ1) is 20.5. The molecule has 1 atom stereocenters. The Balaban J connectivity index is 1.53. The monoisotopic (exact) mass is 451 g/mol. The number of esters is 1. The van der Waals surface area contributed by atoms with Gasteiger partial charge < -0.3 is 19.0 Å². The van der Waals surface area contributed by atoms with Gasteiger partial charge in [-0.15, -0.1) is 0 Å². The Labute approximate surface area is 188 Å². The van der Waals surface area contributed by atoms with E-state index >= 15 is 0 Å². The highest BCUT2D eigenvalue weighted by atomic mass is 32.2. The first-order valence-corrected chi connectivity index (χ1v) is 11.5. The Hall–Kier alpha value is -3.40. The maximum atomic E-state index is 13.6. The van der Waals surface area contributed by atoms with Gasteiger partial charge in [0.05, 0.1) is 7.11 Å². The summed E-state index contributed by atoms with van der Waals surface area (Å²) in [7, 11) is 1.29. The second-order valence-corrected chi connectivity index (χ2v) is 8.35. The molecule has 5 rings (SSSR count). The number of thioether (sulfide) groups is 1. The summed E-state index contributed by atoms with van der Waals surface area (Å²) in [5.41, 5.74) is 1.98. The Morgan fingerprint density at radius 3 is 3.00 bits per heavy atom. The third-order valence-electron chi connectivity index (χ3n) is 5.75. The number of anilines is 2. The van der Waals surface area contributed by atoms with Crippen LogP contribution in [0.1, 0.15) is 33.7 Å². The van der Waals surface area contributed by atoms with Crippen molar-refractivity contribution in [3.05, 3.63) is 48.0 Å². The number of hydrogen-bond donors (Lipinski definition) is 0. The van der Waals surface area contributed by atoms with Crippen LogP contribution in [-0.2, 0) is 4.74 Å². The standard InChI is InChI=1S/C22H21N5O4S/c1-30-21(29)17-12-31-19(24-17)13-5-3-6-14(9-13)27-11-15-7-4-8-26(15)18-16(20(27)28)10-23-22(25-18)32-2/h3,5-6,9-10,12,15H,4,7-8,11H2,1-2H3. The lowest BCUT2D eigenvalue weighted by Crippen LogP contribution is -2.39. The van der Waals surface area contributed by atoms with E-state index in [2.05, 4.69) is 24.6 Å². The number of nitrogens with zero attached hydrogens (tertiary/aromatic N) is 5. The predicted molar refractivity (Wildman–Crippen MR) is 119 cm³/mol. The maximum Gasteiger partial charge on any atom is 0.360 e. The van der Waals surface area contributed by atoms with Crippen molar-refractivity contribution in [3.8, 4) is 11.5 Å². The van der Waals surface area contributed by atoms with E-state index in [-0.39, 0.29) is 23.5 Å². The molecular formula is C22H21N5O4S. The topological polar surface area (TPSA) is 102 Å². The second kappa shape index (κ2) is 8.27. The Morgan fingerprint density at radius 1 is 1.31 bits per heavy atom. The van der Waals surface area contributed by atoms with Crippen molar-refractivity contribution in [1.29, 1.82) is 0 Å². The minimum Gasteiger partial charge on any atom is -0.464 e. The molecule has 10 heteroatoms. The maximum absolute atomic E-state index is 13.6. The molecule has 4 heterocycles. The predicted octanol–water partition coefficient (Wildman–Crippen LogP) is 3.27. The van der Waals surface area contributed by atoms with E-state index in [1.165, 1.54) is 25.1 Å². The summed E-state index contributed by atoms with van der Waals surface area (Å²) >= 11 is 1.46. The molecule has 2 aliphatic heterocycles. The lowest BCUT2D eigenvalue weighted by molar-refractivity contribution is 0.0594. The molecule has 9 nitrogen and oxygen atoms in total. The van der Waals surface area contributed by atoms with Crippen LogP contribution in [0.3, 0.4) is 0 Å². The number of rotatable bonds is 4. The molecule has 164 valence electrons. The van der Waals surface area contributed by atoms with Crippen molar-refractivity contribution in [1.82, 2.24) is 15.0 Å². The van der Waals surface area contributed by atoms with E-state index in [4.69, 9.17) is 4.42 Å². The van der Waals surface area contributed by atoms with Crippen molar-refractivity contribution in [3.63, 3.8) is 0 Å². The average Bonchev–Trinajstić information content (AvgIpc) is 3.49. The fourth-order valence-electron chi connectivity index (χ4n) is 4.20. The van der Waals surface area contributed by atoms with Crippen LogP contribution in [0.15, 0.2) is 46.3 Å². The number of benzene rings is 1. The number of ether oxygens (including phenoxy) is 1. The van der Waals surface area contributed by atoms with Gasteiger partial charge >= 0.3 is 5.97 Å². The highest BCUT2D eigenvalue weighted by molar-refractivity contribution is 7.98. The SMILES string of the molecule is COC(=O)c1coc(-c2cccc(N3CC4CCCN4c4nc(SC)ncc4C3=O)c2)n1. The van der Waals surface area contributed by atoms with Gasteiger partial charge in [0.25, 0.3) is 5.91 Å². The summed E-state index contributed by atoms with van der Waals surface area (Å²) in [5.74, 6) is 0.291. The van der Waals surface area contributed by atoms with E-state index in [1.54, 1.807) is 11.1 Å². The number of hydrogen-bond acceptors (Lipinski definition) is 9. The number of fused-ring (bicyclic) bond motifs is 3. The van der Waals surface area contributed by atoms with Crippen LogP contribution in [0.2, 0.25) is 0 Å². The van der Waals surface area contributed by atoms with E-state index in [0.29, 0.717) is 28.6 Å². The van der Waals surface area contributed by atoms with Gasteiger partial charge in [0.15, 0.2) is 10.9 Å². The molecule has 1 fully saturated rings. The quantitative estimate of drug-likeness (QED) is 0.336. The fourth-order valence-corrected chi connectivity index (χ4v) is 4.54. The van der Waals surface area contributed by atoms with Crippen LogP contribution < -0.4 is 9.80 Å². The van der Waals surface area contributed by atoms with E-state index < -0.39 is 5.97 Å². The minimum atomic E-state index is -0.568. The molecule has 0 N–H and O–H groups in total. The number of carbonyl (C=O) groups excluding carboxylic acids is 2. The largest absolute Gasteiger partial charge is 0.464 e. The van der Waals surface area contributed by atoms with Gasteiger partial charge in [0.2, 0.25) is 5.89 Å². The number of oxazole rings is 1. The molecule has 1 amide bonds. The molecule has 0 bridgehead atoms. The highest BCUT2D eigenvalue weighted by Gasteiger charge is 2.37. The highest BCUT2D eigenvalue weighted by Crippen LogP contribution is 2.35. The van der Waals surface area contributed by atoms with Gasteiger partial charge in [-0.05, 0) is 37.3 Å². The summed E-state index contributed by atoms with van der Waals surface area (Å²) in [6, 6.07) is 7.56. The van der Waals surface area contributed by atoms with Crippen molar-refractivity contribution < 1.29 is 18.7 Å². The van der Waals surface area contributed by atoms with Crippen molar-refractivity contribution >= 4 is 35.1 Å². The van der Waals surface area contributed by atoms with Crippen LogP contribution in [0.25, 0.3) is 11.5 Å². The van der Waals surface area contributed by atoms with E-state index in [1.807, 2.05) is 30.5 Å². The van der Waals surface area contributed by atoms with Crippen LogP contribution in [0.4, 0.5) is 11.5 Å². The molecule has 1 saturated heterocycles. The van der Waals surface area contributed by atoms with Gasteiger partial charge in [0, 0.05) is 36.6 Å². The molecule has 1 unspecified atom stereocenters. The number of amides is 1. The number of methoxy groups -OCH3 is 1. The van der Waals surface area contributed by atoms with Crippen LogP contribution in [-0.4, -0.2) is 59.3 Å². The zero-order valence-corrected chi connectivity index (χ0v) is 18.5.